The fourth-order valence-corrected chi connectivity index (χ4v) is 2.90. The molecule has 0 bridgehead atoms. The number of alkyl halides is 3. The molecule has 1 amide bonds. The first kappa shape index (κ1) is 18.0. The fourth-order valence-electron chi connectivity index (χ4n) is 2.90. The lowest BCUT2D eigenvalue weighted by atomic mass is 10.0. The average Bonchev–Trinajstić information content (AvgIpc) is 2.96. The zero-order valence-electron chi connectivity index (χ0n) is 14.5. The van der Waals surface area contributed by atoms with Crippen molar-refractivity contribution in [2.24, 2.45) is 0 Å². The van der Waals surface area contributed by atoms with E-state index in [1.807, 2.05) is 18.2 Å². The van der Waals surface area contributed by atoms with E-state index in [9.17, 15) is 18.0 Å². The average molecular weight is 360 g/mol. The lowest BCUT2D eigenvalue weighted by Gasteiger charge is -2.14. The number of aromatic nitrogens is 1. The van der Waals surface area contributed by atoms with Gasteiger partial charge in [-0.3, -0.25) is 4.79 Å². The number of nitrogens with zero attached hydrogens (tertiary/aromatic N) is 1. The van der Waals surface area contributed by atoms with Gasteiger partial charge < -0.3 is 9.88 Å². The monoisotopic (exact) mass is 360 g/mol. The van der Waals surface area contributed by atoms with Crippen molar-refractivity contribution in [2.75, 3.05) is 5.32 Å². The Morgan fingerprint density at radius 2 is 1.85 bits per heavy atom. The molecule has 0 radical (unpaired) electrons. The number of nitrogens with one attached hydrogen (secondary N) is 1. The first-order valence-corrected chi connectivity index (χ1v) is 8.30. The van der Waals surface area contributed by atoms with Crippen LogP contribution in [0.15, 0.2) is 54.7 Å². The highest BCUT2D eigenvalue weighted by atomic mass is 19.4. The highest BCUT2D eigenvalue weighted by Gasteiger charge is 2.33. The normalized spacial score (nSPS) is 11.9. The van der Waals surface area contributed by atoms with Crippen LogP contribution in [0.1, 0.15) is 30.9 Å². The predicted octanol–water partition coefficient (Wildman–Crippen LogP) is 5.42. The Labute approximate surface area is 149 Å². The maximum absolute atomic E-state index is 13.0. The van der Waals surface area contributed by atoms with Crippen LogP contribution >= 0.6 is 0 Å². The molecule has 0 aliphatic carbocycles. The summed E-state index contributed by atoms with van der Waals surface area (Å²) in [5, 5.41) is 3.37. The number of fused-ring (bicyclic) bond motifs is 1. The molecule has 26 heavy (non-hydrogen) atoms. The number of para-hydroxylation sites is 1. The van der Waals surface area contributed by atoms with Crippen molar-refractivity contribution in [2.45, 2.75) is 32.5 Å². The first-order chi connectivity index (χ1) is 12.3. The fraction of sp³-hybridized carbons (Fsp3) is 0.250. The standard InChI is InChI=1S/C20H19F3N2O/c1-13(2)14-7-8-18-15(11-14)9-10-25(18)12-19(26)24-17-6-4-3-5-16(17)20(21,22)23/h3-11,13H,12H2,1-2H3,(H,24,26). The van der Waals surface area contributed by atoms with Crippen LogP contribution in [0, 0.1) is 0 Å². The Morgan fingerprint density at radius 1 is 1.12 bits per heavy atom. The molecule has 0 aliphatic rings. The maximum atomic E-state index is 13.0. The van der Waals surface area contributed by atoms with E-state index < -0.39 is 17.6 Å². The number of hydrogen-bond acceptors (Lipinski definition) is 1. The van der Waals surface area contributed by atoms with Gasteiger partial charge in [-0.05, 0) is 47.2 Å². The molecule has 0 saturated heterocycles. The zero-order valence-corrected chi connectivity index (χ0v) is 14.5. The van der Waals surface area contributed by atoms with Gasteiger partial charge in [0.1, 0.15) is 6.54 Å². The van der Waals surface area contributed by atoms with Crippen LogP contribution < -0.4 is 5.32 Å². The molecule has 3 nitrogen and oxygen atoms in total. The van der Waals surface area contributed by atoms with Crippen molar-refractivity contribution in [1.82, 2.24) is 4.57 Å². The Hall–Kier alpha value is -2.76. The molecular weight excluding hydrogens is 341 g/mol. The molecule has 6 heteroatoms. The molecule has 2 aromatic carbocycles. The Morgan fingerprint density at radius 3 is 2.54 bits per heavy atom. The number of anilines is 1. The summed E-state index contributed by atoms with van der Waals surface area (Å²) < 4.78 is 40.8. The Kier molecular flexibility index (Phi) is 4.76. The Balaban J connectivity index is 1.80. The molecule has 0 fully saturated rings. The third kappa shape index (κ3) is 3.74. The van der Waals surface area contributed by atoms with Gasteiger partial charge >= 0.3 is 6.18 Å². The summed E-state index contributed by atoms with van der Waals surface area (Å²) in [7, 11) is 0. The van der Waals surface area contributed by atoms with E-state index in [2.05, 4.69) is 25.2 Å². The van der Waals surface area contributed by atoms with Gasteiger partial charge in [-0.25, -0.2) is 0 Å². The number of rotatable bonds is 4. The smallest absolute Gasteiger partial charge is 0.338 e. The second kappa shape index (κ2) is 6.86. The number of amides is 1. The quantitative estimate of drug-likeness (QED) is 0.662. The van der Waals surface area contributed by atoms with Crippen molar-refractivity contribution in [3.8, 4) is 0 Å². The van der Waals surface area contributed by atoms with Crippen LogP contribution in [0.3, 0.4) is 0 Å². The third-order valence-electron chi connectivity index (χ3n) is 4.28. The van der Waals surface area contributed by atoms with E-state index in [4.69, 9.17) is 0 Å². The number of benzene rings is 2. The molecule has 1 aromatic heterocycles. The molecule has 1 heterocycles. The van der Waals surface area contributed by atoms with Crippen LogP contribution in [0.5, 0.6) is 0 Å². The van der Waals surface area contributed by atoms with Gasteiger partial charge in [0, 0.05) is 11.7 Å². The predicted molar refractivity (Wildman–Crippen MR) is 96.1 cm³/mol. The lowest BCUT2D eigenvalue weighted by molar-refractivity contribution is -0.137. The van der Waals surface area contributed by atoms with Crippen LogP contribution in [-0.2, 0) is 17.5 Å². The molecule has 0 spiro atoms. The van der Waals surface area contributed by atoms with Crippen molar-refractivity contribution >= 4 is 22.5 Å². The topological polar surface area (TPSA) is 34.0 Å². The van der Waals surface area contributed by atoms with E-state index in [-0.39, 0.29) is 12.2 Å². The summed E-state index contributed by atoms with van der Waals surface area (Å²) in [5.41, 5.74) is 0.975. The minimum Gasteiger partial charge on any atom is -0.338 e. The van der Waals surface area contributed by atoms with E-state index in [0.29, 0.717) is 5.92 Å². The molecule has 3 rings (SSSR count). The second-order valence-corrected chi connectivity index (χ2v) is 6.51. The van der Waals surface area contributed by atoms with Crippen molar-refractivity contribution in [1.29, 1.82) is 0 Å². The van der Waals surface area contributed by atoms with Crippen LogP contribution in [0.2, 0.25) is 0 Å². The maximum Gasteiger partial charge on any atom is 0.418 e. The summed E-state index contributed by atoms with van der Waals surface area (Å²) >= 11 is 0. The van der Waals surface area contributed by atoms with Crippen LogP contribution in [-0.4, -0.2) is 10.5 Å². The van der Waals surface area contributed by atoms with Gasteiger partial charge in [-0.15, -0.1) is 0 Å². The molecule has 136 valence electrons. The van der Waals surface area contributed by atoms with E-state index in [0.717, 1.165) is 17.0 Å². The number of carbonyl (C=O) groups excluding carboxylic acids is 1. The number of halogens is 3. The summed E-state index contributed by atoms with van der Waals surface area (Å²) in [4.78, 5) is 12.3. The van der Waals surface area contributed by atoms with Gasteiger partial charge in [0.2, 0.25) is 5.91 Å². The van der Waals surface area contributed by atoms with Gasteiger partial charge in [0.25, 0.3) is 0 Å². The minimum atomic E-state index is -4.52. The second-order valence-electron chi connectivity index (χ2n) is 6.51. The number of hydrogen-bond donors (Lipinski definition) is 1. The molecule has 1 N–H and O–H groups in total. The van der Waals surface area contributed by atoms with E-state index >= 15 is 0 Å². The molecular formula is C20H19F3N2O. The minimum absolute atomic E-state index is 0.0588. The zero-order chi connectivity index (χ0) is 18.9. The SMILES string of the molecule is CC(C)c1ccc2c(ccn2CC(=O)Nc2ccccc2C(F)(F)F)c1. The van der Waals surface area contributed by atoms with Gasteiger partial charge in [-0.1, -0.05) is 32.0 Å². The summed E-state index contributed by atoms with van der Waals surface area (Å²) in [6, 6.07) is 12.9. The first-order valence-electron chi connectivity index (χ1n) is 8.30. The molecule has 0 unspecified atom stereocenters. The Bertz CT molecular complexity index is 942. The van der Waals surface area contributed by atoms with E-state index in [1.165, 1.54) is 23.8 Å². The van der Waals surface area contributed by atoms with Crippen molar-refractivity contribution < 1.29 is 18.0 Å². The summed E-state index contributed by atoms with van der Waals surface area (Å²) in [5.74, 6) is -0.114. The summed E-state index contributed by atoms with van der Waals surface area (Å²) in [6.07, 6.45) is -2.75. The highest BCUT2D eigenvalue weighted by Crippen LogP contribution is 2.34. The molecule has 0 atom stereocenters. The van der Waals surface area contributed by atoms with Crippen molar-refractivity contribution in [3.63, 3.8) is 0 Å². The van der Waals surface area contributed by atoms with Crippen LogP contribution in [0.25, 0.3) is 10.9 Å². The molecule has 0 aliphatic heterocycles. The lowest BCUT2D eigenvalue weighted by Crippen LogP contribution is -2.20. The van der Waals surface area contributed by atoms with Crippen LogP contribution in [0.4, 0.5) is 18.9 Å². The largest absolute Gasteiger partial charge is 0.418 e. The van der Waals surface area contributed by atoms with E-state index in [1.54, 1.807) is 10.8 Å². The van der Waals surface area contributed by atoms with Gasteiger partial charge in [0.15, 0.2) is 0 Å². The molecule has 0 saturated carbocycles. The third-order valence-corrected chi connectivity index (χ3v) is 4.28. The summed E-state index contributed by atoms with van der Waals surface area (Å²) in [6.45, 7) is 4.14. The molecule has 3 aromatic rings. The highest BCUT2D eigenvalue weighted by molar-refractivity contribution is 5.93. The van der Waals surface area contributed by atoms with Gasteiger partial charge in [-0.2, -0.15) is 13.2 Å². The van der Waals surface area contributed by atoms with Crippen molar-refractivity contribution in [3.05, 3.63) is 65.9 Å². The number of carbonyl (C=O) groups is 1. The van der Waals surface area contributed by atoms with Gasteiger partial charge in [0.05, 0.1) is 11.3 Å².